The molecule has 1 N–H and O–H groups in total. The van der Waals surface area contributed by atoms with Crippen LogP contribution in [0, 0.1) is 5.92 Å². The van der Waals surface area contributed by atoms with E-state index in [0.717, 1.165) is 12.1 Å². The van der Waals surface area contributed by atoms with Gasteiger partial charge in [0.05, 0.1) is 17.2 Å². The second-order valence-corrected chi connectivity index (χ2v) is 6.22. The molecule has 0 bridgehead atoms. The van der Waals surface area contributed by atoms with Gasteiger partial charge in [0, 0.05) is 17.2 Å². The highest BCUT2D eigenvalue weighted by molar-refractivity contribution is 6.31. The number of benzene rings is 2. The monoisotopic (exact) mass is 367 g/mol. The van der Waals surface area contributed by atoms with E-state index in [1.807, 2.05) is 0 Å². The Labute approximate surface area is 146 Å². The van der Waals surface area contributed by atoms with Crippen LogP contribution in [0.15, 0.2) is 47.5 Å². The van der Waals surface area contributed by atoms with E-state index < -0.39 is 29.5 Å². The summed E-state index contributed by atoms with van der Waals surface area (Å²) < 4.78 is 39.0. The lowest BCUT2D eigenvalue weighted by atomic mass is 9.82. The fraction of sp³-hybridized carbons (Fsp3) is 0.222. The molecule has 0 radical (unpaired) electrons. The average molecular weight is 368 g/mol. The van der Waals surface area contributed by atoms with E-state index in [9.17, 15) is 23.1 Å². The molecule has 2 aromatic rings. The summed E-state index contributed by atoms with van der Waals surface area (Å²) >= 11 is 6.19. The van der Waals surface area contributed by atoms with Crippen molar-refractivity contribution in [1.29, 1.82) is 0 Å². The third-order valence-corrected chi connectivity index (χ3v) is 4.59. The summed E-state index contributed by atoms with van der Waals surface area (Å²) in [5.74, 6) is -2.70. The number of rotatable bonds is 2. The van der Waals surface area contributed by atoms with Gasteiger partial charge in [0.2, 0.25) is 0 Å². The molecule has 2 unspecified atom stereocenters. The van der Waals surface area contributed by atoms with E-state index in [1.165, 1.54) is 12.3 Å². The molecule has 1 heterocycles. The van der Waals surface area contributed by atoms with Crippen molar-refractivity contribution in [3.05, 3.63) is 64.2 Å². The van der Waals surface area contributed by atoms with Crippen molar-refractivity contribution in [2.24, 2.45) is 10.9 Å². The second-order valence-electron chi connectivity index (χ2n) is 5.82. The van der Waals surface area contributed by atoms with Crippen LogP contribution in [0.1, 0.15) is 22.6 Å². The molecular weight excluding hydrogens is 355 g/mol. The van der Waals surface area contributed by atoms with Crippen LogP contribution < -0.4 is 0 Å². The summed E-state index contributed by atoms with van der Waals surface area (Å²) in [5.41, 5.74) is 0.481. The molecule has 2 aromatic carbocycles. The topological polar surface area (TPSA) is 49.7 Å². The molecular formula is C18H13ClF3NO2. The minimum Gasteiger partial charge on any atom is -0.481 e. The van der Waals surface area contributed by atoms with Crippen molar-refractivity contribution in [3.8, 4) is 0 Å². The van der Waals surface area contributed by atoms with Gasteiger partial charge in [-0.15, -0.1) is 0 Å². The first-order valence-corrected chi connectivity index (χ1v) is 7.86. The SMILES string of the molecule is O=C(O)C1C=Nc2ccc(C(F)(F)F)cc2CC1c1ccccc1Cl. The number of aliphatic carboxylic acids is 1. The van der Waals surface area contributed by atoms with Crippen molar-refractivity contribution < 1.29 is 23.1 Å². The molecule has 0 aromatic heterocycles. The predicted molar refractivity (Wildman–Crippen MR) is 88.6 cm³/mol. The highest BCUT2D eigenvalue weighted by Gasteiger charge is 2.35. The van der Waals surface area contributed by atoms with Crippen molar-refractivity contribution >= 4 is 29.5 Å². The highest BCUT2D eigenvalue weighted by Crippen LogP contribution is 2.40. The molecule has 130 valence electrons. The summed E-state index contributed by atoms with van der Waals surface area (Å²) in [6.07, 6.45) is -3.10. The Morgan fingerprint density at radius 3 is 2.56 bits per heavy atom. The summed E-state index contributed by atoms with van der Waals surface area (Å²) in [5, 5.41) is 9.91. The number of aliphatic imine (C=N–C) groups is 1. The zero-order valence-corrected chi connectivity index (χ0v) is 13.6. The molecule has 1 aliphatic heterocycles. The first-order chi connectivity index (χ1) is 11.8. The molecule has 0 amide bonds. The summed E-state index contributed by atoms with van der Waals surface area (Å²) in [6.45, 7) is 0. The molecule has 0 saturated heterocycles. The molecule has 0 aliphatic carbocycles. The minimum absolute atomic E-state index is 0.0972. The fourth-order valence-corrected chi connectivity index (χ4v) is 3.27. The van der Waals surface area contributed by atoms with Crippen LogP contribution in [0.2, 0.25) is 5.02 Å². The van der Waals surface area contributed by atoms with Crippen LogP contribution in [0.25, 0.3) is 0 Å². The van der Waals surface area contributed by atoms with Gasteiger partial charge in [0.25, 0.3) is 0 Å². The maximum atomic E-state index is 13.0. The lowest BCUT2D eigenvalue weighted by molar-refractivity contribution is -0.140. The Kier molecular flexibility index (Phi) is 4.56. The molecule has 0 saturated carbocycles. The lowest BCUT2D eigenvalue weighted by Crippen LogP contribution is -2.24. The number of carbonyl (C=O) groups is 1. The van der Waals surface area contributed by atoms with Crippen LogP contribution in [-0.4, -0.2) is 17.3 Å². The van der Waals surface area contributed by atoms with E-state index in [-0.39, 0.29) is 6.42 Å². The van der Waals surface area contributed by atoms with Gasteiger partial charge in [-0.3, -0.25) is 9.79 Å². The van der Waals surface area contributed by atoms with Gasteiger partial charge in [0.1, 0.15) is 0 Å². The molecule has 3 nitrogen and oxygen atoms in total. The Bertz CT molecular complexity index is 848. The van der Waals surface area contributed by atoms with Crippen molar-refractivity contribution in [2.45, 2.75) is 18.5 Å². The maximum absolute atomic E-state index is 13.0. The van der Waals surface area contributed by atoms with Crippen LogP contribution >= 0.6 is 11.6 Å². The molecule has 1 aliphatic rings. The summed E-state index contributed by atoms with van der Waals surface area (Å²) in [7, 11) is 0. The molecule has 25 heavy (non-hydrogen) atoms. The van der Waals surface area contributed by atoms with Crippen LogP contribution in [0.4, 0.5) is 18.9 Å². The first-order valence-electron chi connectivity index (χ1n) is 7.49. The quantitative estimate of drug-likeness (QED) is 0.802. The molecule has 0 spiro atoms. The smallest absolute Gasteiger partial charge is 0.416 e. The number of hydrogen-bond donors (Lipinski definition) is 1. The molecule has 3 rings (SSSR count). The largest absolute Gasteiger partial charge is 0.481 e. The van der Waals surface area contributed by atoms with Crippen molar-refractivity contribution in [2.75, 3.05) is 0 Å². The number of hydrogen-bond acceptors (Lipinski definition) is 2. The Balaban J connectivity index is 2.10. The van der Waals surface area contributed by atoms with Gasteiger partial charge in [0.15, 0.2) is 0 Å². The molecule has 0 fully saturated rings. The number of alkyl halides is 3. The second kappa shape index (κ2) is 6.52. The zero-order chi connectivity index (χ0) is 18.2. The van der Waals surface area contributed by atoms with Gasteiger partial charge in [-0.1, -0.05) is 29.8 Å². The van der Waals surface area contributed by atoms with Crippen molar-refractivity contribution in [3.63, 3.8) is 0 Å². The van der Waals surface area contributed by atoms with E-state index in [1.54, 1.807) is 24.3 Å². The average Bonchev–Trinajstić information content (AvgIpc) is 2.73. The van der Waals surface area contributed by atoms with Gasteiger partial charge >= 0.3 is 12.1 Å². The Morgan fingerprint density at radius 1 is 1.20 bits per heavy atom. The molecule has 2 atom stereocenters. The van der Waals surface area contributed by atoms with E-state index in [0.29, 0.717) is 21.8 Å². The standard InChI is InChI=1S/C18H13ClF3NO2/c19-15-4-2-1-3-12(15)13-8-10-7-11(18(20,21)22)5-6-16(10)23-9-14(13)17(24)25/h1-7,9,13-14H,8H2,(H,24,25). The third-order valence-electron chi connectivity index (χ3n) is 4.24. The third kappa shape index (κ3) is 3.54. The lowest BCUT2D eigenvalue weighted by Gasteiger charge is -2.21. The van der Waals surface area contributed by atoms with Crippen LogP contribution in [0.3, 0.4) is 0 Å². The maximum Gasteiger partial charge on any atom is 0.416 e. The van der Waals surface area contributed by atoms with E-state index in [2.05, 4.69) is 4.99 Å². The van der Waals surface area contributed by atoms with E-state index >= 15 is 0 Å². The first kappa shape index (κ1) is 17.5. The van der Waals surface area contributed by atoms with Crippen LogP contribution in [-0.2, 0) is 17.4 Å². The van der Waals surface area contributed by atoms with Gasteiger partial charge in [-0.25, -0.2) is 0 Å². The number of carboxylic acid groups (broad SMARTS) is 1. The normalized spacial score (nSPS) is 20.0. The Hall–Kier alpha value is -2.34. The van der Waals surface area contributed by atoms with Gasteiger partial charge < -0.3 is 5.11 Å². The highest BCUT2D eigenvalue weighted by atomic mass is 35.5. The summed E-state index contributed by atoms with van der Waals surface area (Å²) in [4.78, 5) is 15.8. The van der Waals surface area contributed by atoms with E-state index in [4.69, 9.17) is 11.6 Å². The number of nitrogens with zero attached hydrogens (tertiary/aromatic N) is 1. The zero-order valence-electron chi connectivity index (χ0n) is 12.8. The van der Waals surface area contributed by atoms with Gasteiger partial charge in [-0.2, -0.15) is 13.2 Å². The minimum atomic E-state index is -4.48. The number of fused-ring (bicyclic) bond motifs is 1. The fourth-order valence-electron chi connectivity index (χ4n) is 2.99. The molecule has 7 heteroatoms. The summed E-state index contributed by atoms with van der Waals surface area (Å²) in [6, 6.07) is 9.99. The van der Waals surface area contributed by atoms with Gasteiger partial charge in [-0.05, 0) is 41.8 Å². The Morgan fingerprint density at radius 2 is 1.92 bits per heavy atom. The predicted octanol–water partition coefficient (Wildman–Crippen LogP) is 5.10. The van der Waals surface area contributed by atoms with Crippen LogP contribution in [0.5, 0.6) is 0 Å². The number of carboxylic acids is 1. The number of halogens is 4. The van der Waals surface area contributed by atoms with Crippen molar-refractivity contribution in [1.82, 2.24) is 0 Å².